The third-order valence-corrected chi connectivity index (χ3v) is 6.04. The summed E-state index contributed by atoms with van der Waals surface area (Å²) >= 11 is 1.71. The van der Waals surface area contributed by atoms with Crippen LogP contribution in [0.25, 0.3) is 10.1 Å². The molecule has 0 spiro atoms. The van der Waals surface area contributed by atoms with Crippen molar-refractivity contribution in [1.29, 1.82) is 0 Å². The molecule has 4 heteroatoms. The minimum absolute atomic E-state index is 0.0693. The number of thiophene rings is 1. The summed E-state index contributed by atoms with van der Waals surface area (Å²) in [6.45, 7) is 1.89. The van der Waals surface area contributed by atoms with Gasteiger partial charge in [-0.15, -0.1) is 11.3 Å². The molecule has 3 atom stereocenters. The van der Waals surface area contributed by atoms with Gasteiger partial charge in [-0.3, -0.25) is 0 Å². The molecule has 0 radical (unpaired) electrons. The zero-order valence-corrected chi connectivity index (χ0v) is 14.9. The van der Waals surface area contributed by atoms with Gasteiger partial charge in [-0.1, -0.05) is 24.3 Å². The van der Waals surface area contributed by atoms with E-state index in [4.69, 9.17) is 4.74 Å². The molecule has 1 aliphatic rings. The molecule has 2 aromatic carbocycles. The Kier molecular flexibility index (Phi) is 4.59. The van der Waals surface area contributed by atoms with Crippen molar-refractivity contribution in [3.05, 3.63) is 70.4 Å². The van der Waals surface area contributed by atoms with E-state index in [-0.39, 0.29) is 18.0 Å². The van der Waals surface area contributed by atoms with Gasteiger partial charge in [-0.05, 0) is 60.5 Å². The lowest BCUT2D eigenvalue weighted by atomic mass is 9.95. The van der Waals surface area contributed by atoms with Gasteiger partial charge < -0.3 is 9.84 Å². The monoisotopic (exact) mass is 356 g/mol. The van der Waals surface area contributed by atoms with E-state index in [0.29, 0.717) is 12.0 Å². The van der Waals surface area contributed by atoms with Crippen molar-refractivity contribution in [2.45, 2.75) is 44.5 Å². The average Bonchev–Trinajstić information content (AvgIpc) is 3.01. The lowest BCUT2D eigenvalue weighted by Crippen LogP contribution is -2.33. The van der Waals surface area contributed by atoms with E-state index >= 15 is 0 Å². The summed E-state index contributed by atoms with van der Waals surface area (Å²) in [5.74, 6) is -0.176. The highest BCUT2D eigenvalue weighted by Gasteiger charge is 2.27. The lowest BCUT2D eigenvalue weighted by molar-refractivity contribution is -0.110. The molecule has 4 rings (SSSR count). The summed E-state index contributed by atoms with van der Waals surface area (Å²) in [6, 6.07) is 15.6. The lowest BCUT2D eigenvalue weighted by Gasteiger charge is -2.32. The van der Waals surface area contributed by atoms with Crippen molar-refractivity contribution in [2.75, 3.05) is 0 Å². The van der Waals surface area contributed by atoms with Crippen molar-refractivity contribution in [3.8, 4) is 0 Å². The van der Waals surface area contributed by atoms with E-state index < -0.39 is 6.10 Å². The fourth-order valence-electron chi connectivity index (χ4n) is 3.46. The SMILES string of the molecule is CC1OC(c2ccc(F)c(Cc3cc4ccccc4s3)c2)CCC1O. The molecular formula is C21H21FO2S. The molecule has 2 heterocycles. The third-order valence-electron chi connectivity index (χ3n) is 4.93. The maximum atomic E-state index is 14.3. The number of aliphatic hydroxyl groups excluding tert-OH is 1. The number of aliphatic hydroxyl groups is 1. The zero-order chi connectivity index (χ0) is 17.4. The first-order chi connectivity index (χ1) is 12.1. The molecule has 0 aliphatic carbocycles. The Hall–Kier alpha value is -1.75. The van der Waals surface area contributed by atoms with Gasteiger partial charge in [0.05, 0.1) is 18.3 Å². The van der Waals surface area contributed by atoms with Gasteiger partial charge in [0.15, 0.2) is 0 Å². The maximum Gasteiger partial charge on any atom is 0.126 e. The van der Waals surface area contributed by atoms with Crippen LogP contribution in [-0.4, -0.2) is 17.3 Å². The fraction of sp³-hybridized carbons (Fsp3) is 0.333. The van der Waals surface area contributed by atoms with Gasteiger partial charge in [0.2, 0.25) is 0 Å². The number of ether oxygens (including phenoxy) is 1. The van der Waals surface area contributed by atoms with Crippen molar-refractivity contribution in [3.63, 3.8) is 0 Å². The third kappa shape index (κ3) is 3.47. The van der Waals surface area contributed by atoms with Crippen molar-refractivity contribution in [2.24, 2.45) is 0 Å². The van der Waals surface area contributed by atoms with E-state index in [1.807, 2.05) is 25.1 Å². The predicted octanol–water partition coefficient (Wildman–Crippen LogP) is 5.23. The number of rotatable bonds is 3. The number of fused-ring (bicyclic) bond motifs is 1. The highest BCUT2D eigenvalue weighted by atomic mass is 32.1. The Labute approximate surface area is 150 Å². The van der Waals surface area contributed by atoms with Crippen LogP contribution >= 0.6 is 11.3 Å². The van der Waals surface area contributed by atoms with Gasteiger partial charge in [0.1, 0.15) is 5.82 Å². The first kappa shape index (κ1) is 16.7. The number of hydrogen-bond donors (Lipinski definition) is 1. The Balaban J connectivity index is 1.59. The maximum absolute atomic E-state index is 14.3. The van der Waals surface area contributed by atoms with Crippen LogP contribution < -0.4 is 0 Å². The molecule has 25 heavy (non-hydrogen) atoms. The zero-order valence-electron chi connectivity index (χ0n) is 14.1. The predicted molar refractivity (Wildman–Crippen MR) is 99.6 cm³/mol. The van der Waals surface area contributed by atoms with Crippen LogP contribution in [0.3, 0.4) is 0 Å². The van der Waals surface area contributed by atoms with E-state index in [1.165, 1.54) is 16.2 Å². The number of halogens is 1. The molecule has 1 N–H and O–H groups in total. The molecule has 3 aromatic rings. The second-order valence-corrected chi connectivity index (χ2v) is 7.92. The molecule has 0 bridgehead atoms. The normalized spacial score (nSPS) is 23.9. The Morgan fingerprint density at radius 1 is 1.16 bits per heavy atom. The first-order valence-corrected chi connectivity index (χ1v) is 9.51. The Bertz CT molecular complexity index is 855. The van der Waals surface area contributed by atoms with Crippen molar-refractivity contribution < 1.29 is 14.2 Å². The van der Waals surface area contributed by atoms with Crippen molar-refractivity contribution >= 4 is 21.4 Å². The van der Waals surface area contributed by atoms with Gasteiger partial charge in [-0.25, -0.2) is 4.39 Å². The van der Waals surface area contributed by atoms with Crippen LogP contribution in [0.2, 0.25) is 0 Å². The highest BCUT2D eigenvalue weighted by Crippen LogP contribution is 2.33. The molecule has 1 saturated heterocycles. The van der Waals surface area contributed by atoms with Gasteiger partial charge in [0, 0.05) is 16.0 Å². The van der Waals surface area contributed by atoms with Gasteiger partial charge >= 0.3 is 0 Å². The average molecular weight is 356 g/mol. The van der Waals surface area contributed by atoms with Crippen molar-refractivity contribution in [1.82, 2.24) is 0 Å². The highest BCUT2D eigenvalue weighted by molar-refractivity contribution is 7.19. The van der Waals surface area contributed by atoms with E-state index in [0.717, 1.165) is 23.3 Å². The van der Waals surface area contributed by atoms with Crippen LogP contribution in [0.15, 0.2) is 48.5 Å². The molecule has 130 valence electrons. The topological polar surface area (TPSA) is 29.5 Å². The largest absolute Gasteiger partial charge is 0.390 e. The quantitative estimate of drug-likeness (QED) is 0.696. The fourth-order valence-corrected chi connectivity index (χ4v) is 4.55. The second-order valence-electron chi connectivity index (χ2n) is 6.75. The standard InChI is InChI=1S/C21H21FO2S/c1-13-19(23)8-9-20(24-13)14-6-7-18(22)16(10-14)12-17-11-15-4-2-3-5-21(15)25-17/h2-7,10-11,13,19-20,23H,8-9,12H2,1H3. The van der Waals surface area contributed by atoms with E-state index in [9.17, 15) is 9.50 Å². The minimum atomic E-state index is -0.408. The molecule has 2 nitrogen and oxygen atoms in total. The van der Waals surface area contributed by atoms with Crippen LogP contribution in [0.5, 0.6) is 0 Å². The molecule has 0 amide bonds. The summed E-state index contributed by atoms with van der Waals surface area (Å²) in [6.07, 6.45) is 1.41. The van der Waals surface area contributed by atoms with Gasteiger partial charge in [-0.2, -0.15) is 0 Å². The Morgan fingerprint density at radius 2 is 2.00 bits per heavy atom. The molecule has 1 aliphatic heterocycles. The summed E-state index contributed by atoms with van der Waals surface area (Å²) in [4.78, 5) is 1.16. The first-order valence-electron chi connectivity index (χ1n) is 8.69. The smallest absolute Gasteiger partial charge is 0.126 e. The molecule has 1 aromatic heterocycles. The summed E-state index contributed by atoms with van der Waals surface area (Å²) in [5.41, 5.74) is 1.70. The van der Waals surface area contributed by atoms with Crippen LogP contribution in [0, 0.1) is 5.82 Å². The second kappa shape index (κ2) is 6.87. The van der Waals surface area contributed by atoms with Crippen LogP contribution in [0.1, 0.15) is 41.9 Å². The van der Waals surface area contributed by atoms with E-state index in [1.54, 1.807) is 17.4 Å². The minimum Gasteiger partial charge on any atom is -0.390 e. The summed E-state index contributed by atoms with van der Waals surface area (Å²) in [5, 5.41) is 11.0. The van der Waals surface area contributed by atoms with Crippen LogP contribution in [0.4, 0.5) is 4.39 Å². The molecule has 1 fully saturated rings. The van der Waals surface area contributed by atoms with E-state index in [2.05, 4.69) is 18.2 Å². The number of benzene rings is 2. The van der Waals surface area contributed by atoms with Gasteiger partial charge in [0.25, 0.3) is 0 Å². The van der Waals surface area contributed by atoms with Crippen LogP contribution in [-0.2, 0) is 11.2 Å². The molecule has 3 unspecified atom stereocenters. The number of hydrogen-bond acceptors (Lipinski definition) is 3. The summed E-state index contributed by atoms with van der Waals surface area (Å²) < 4.78 is 21.5. The molecule has 0 saturated carbocycles. The summed E-state index contributed by atoms with van der Waals surface area (Å²) in [7, 11) is 0. The molecular weight excluding hydrogens is 335 g/mol. The Morgan fingerprint density at radius 3 is 2.80 bits per heavy atom.